The molecule has 2 atom stereocenters. The van der Waals surface area contributed by atoms with Crippen LogP contribution in [0.1, 0.15) is 12.2 Å². The summed E-state index contributed by atoms with van der Waals surface area (Å²) in [7, 11) is 0. The molecular weight excluding hydrogens is 266 g/mol. The van der Waals surface area contributed by atoms with Gasteiger partial charge in [0.1, 0.15) is 12.4 Å². The molecule has 0 aliphatic carbocycles. The van der Waals surface area contributed by atoms with Crippen molar-refractivity contribution < 1.29 is 19.8 Å². The van der Waals surface area contributed by atoms with Crippen LogP contribution in [0.3, 0.4) is 0 Å². The number of β-amino-alcohol motifs (C(OH)–C–C–N with tert-alkyl or cyclic N) is 1. The highest BCUT2D eigenvalue weighted by atomic mass is 16.4. The molecule has 0 aromatic carbocycles. The molecule has 2 N–H and O–H groups in total. The lowest BCUT2D eigenvalue weighted by Crippen LogP contribution is -2.50. The van der Waals surface area contributed by atoms with Gasteiger partial charge in [-0.05, 0) is 0 Å². The number of nitrogens with zero attached hydrogens (tertiary/aromatic N) is 5. The SMILES string of the molecule is O=C(O)[C@@H]1CC(O)CN1C(=O)N1CCn2cnnc2C1. The summed E-state index contributed by atoms with van der Waals surface area (Å²) in [6.45, 7) is 1.42. The Labute approximate surface area is 114 Å². The highest BCUT2D eigenvalue weighted by Gasteiger charge is 2.41. The topological polar surface area (TPSA) is 112 Å². The summed E-state index contributed by atoms with van der Waals surface area (Å²) >= 11 is 0. The van der Waals surface area contributed by atoms with Gasteiger partial charge in [-0.2, -0.15) is 0 Å². The first-order chi connectivity index (χ1) is 9.56. The zero-order chi connectivity index (χ0) is 14.3. The number of carbonyl (C=O) groups is 2. The molecule has 3 rings (SSSR count). The third-order valence-corrected chi connectivity index (χ3v) is 3.72. The molecule has 0 saturated carbocycles. The second-order valence-electron chi connectivity index (χ2n) is 5.04. The van der Waals surface area contributed by atoms with Crippen molar-refractivity contribution in [2.45, 2.75) is 31.7 Å². The summed E-state index contributed by atoms with van der Waals surface area (Å²) in [5, 5.41) is 26.4. The van der Waals surface area contributed by atoms with Crippen LogP contribution in [-0.4, -0.2) is 72.0 Å². The molecule has 3 heterocycles. The maximum absolute atomic E-state index is 12.4. The third kappa shape index (κ3) is 2.09. The Morgan fingerprint density at radius 1 is 1.35 bits per heavy atom. The summed E-state index contributed by atoms with van der Waals surface area (Å²) in [4.78, 5) is 26.3. The molecule has 1 saturated heterocycles. The lowest BCUT2D eigenvalue weighted by atomic mass is 10.2. The number of aliphatic hydroxyl groups excluding tert-OH is 1. The molecule has 1 aromatic heterocycles. The minimum absolute atomic E-state index is 0.0546. The van der Waals surface area contributed by atoms with Crippen LogP contribution in [0.5, 0.6) is 0 Å². The number of carboxylic acids is 1. The van der Waals surface area contributed by atoms with Crippen LogP contribution in [-0.2, 0) is 17.9 Å². The van der Waals surface area contributed by atoms with Crippen molar-refractivity contribution in [3.05, 3.63) is 12.2 Å². The normalized spacial score (nSPS) is 25.6. The first-order valence-electron chi connectivity index (χ1n) is 6.39. The molecule has 0 spiro atoms. The lowest BCUT2D eigenvalue weighted by molar-refractivity contribution is -0.141. The second-order valence-corrected chi connectivity index (χ2v) is 5.04. The molecule has 20 heavy (non-hydrogen) atoms. The number of fused-ring (bicyclic) bond motifs is 1. The molecule has 9 heteroatoms. The summed E-state index contributed by atoms with van der Waals surface area (Å²) in [5.41, 5.74) is 0. The Morgan fingerprint density at radius 2 is 2.15 bits per heavy atom. The number of rotatable bonds is 1. The highest BCUT2D eigenvalue weighted by molar-refractivity contribution is 5.83. The minimum atomic E-state index is -1.09. The number of aliphatic hydroxyl groups is 1. The van der Waals surface area contributed by atoms with E-state index in [9.17, 15) is 14.7 Å². The lowest BCUT2D eigenvalue weighted by Gasteiger charge is -2.32. The largest absolute Gasteiger partial charge is 0.480 e. The van der Waals surface area contributed by atoms with Gasteiger partial charge in [0.25, 0.3) is 0 Å². The monoisotopic (exact) mass is 281 g/mol. The number of amides is 2. The average molecular weight is 281 g/mol. The van der Waals surface area contributed by atoms with Crippen LogP contribution in [0.25, 0.3) is 0 Å². The van der Waals surface area contributed by atoms with E-state index in [1.165, 1.54) is 9.80 Å². The number of likely N-dealkylation sites (tertiary alicyclic amines) is 1. The second kappa shape index (κ2) is 4.75. The minimum Gasteiger partial charge on any atom is -0.480 e. The number of urea groups is 1. The number of aliphatic carboxylic acids is 1. The van der Waals surface area contributed by atoms with E-state index in [1.54, 1.807) is 6.33 Å². The van der Waals surface area contributed by atoms with Crippen LogP contribution < -0.4 is 0 Å². The van der Waals surface area contributed by atoms with Gasteiger partial charge in [0.2, 0.25) is 0 Å². The summed E-state index contributed by atoms with van der Waals surface area (Å²) < 4.78 is 1.86. The van der Waals surface area contributed by atoms with Gasteiger partial charge >= 0.3 is 12.0 Å². The van der Waals surface area contributed by atoms with Crippen molar-refractivity contribution in [2.24, 2.45) is 0 Å². The predicted molar refractivity (Wildman–Crippen MR) is 64.6 cm³/mol. The molecule has 9 nitrogen and oxygen atoms in total. The van der Waals surface area contributed by atoms with Crippen molar-refractivity contribution in [3.63, 3.8) is 0 Å². The summed E-state index contributed by atoms with van der Waals surface area (Å²) in [6, 6.07) is -1.33. The molecule has 108 valence electrons. The van der Waals surface area contributed by atoms with Crippen LogP contribution in [0.4, 0.5) is 4.79 Å². The Kier molecular flexibility index (Phi) is 3.05. The van der Waals surface area contributed by atoms with Crippen LogP contribution in [0, 0.1) is 0 Å². The molecule has 0 radical (unpaired) electrons. The quantitative estimate of drug-likeness (QED) is 0.664. The Bertz CT molecular complexity index is 545. The van der Waals surface area contributed by atoms with Crippen LogP contribution >= 0.6 is 0 Å². The van der Waals surface area contributed by atoms with Gasteiger partial charge in [0.15, 0.2) is 5.82 Å². The molecule has 0 bridgehead atoms. The molecule has 1 aromatic rings. The molecule has 1 unspecified atom stereocenters. The van der Waals surface area contributed by atoms with E-state index >= 15 is 0 Å². The zero-order valence-corrected chi connectivity index (χ0v) is 10.7. The van der Waals surface area contributed by atoms with E-state index in [4.69, 9.17) is 5.11 Å². The Balaban J connectivity index is 1.74. The molecule has 2 aliphatic rings. The van der Waals surface area contributed by atoms with Gasteiger partial charge in [-0.3, -0.25) is 0 Å². The van der Waals surface area contributed by atoms with Gasteiger partial charge in [-0.25, -0.2) is 9.59 Å². The summed E-state index contributed by atoms with van der Waals surface area (Å²) in [5.74, 6) is -0.411. The van der Waals surface area contributed by atoms with E-state index in [0.29, 0.717) is 25.5 Å². The zero-order valence-electron chi connectivity index (χ0n) is 10.7. The molecule has 2 amide bonds. The maximum atomic E-state index is 12.4. The van der Waals surface area contributed by atoms with Crippen molar-refractivity contribution in [2.75, 3.05) is 13.1 Å². The van der Waals surface area contributed by atoms with Crippen molar-refractivity contribution in [3.8, 4) is 0 Å². The molecule has 1 fully saturated rings. The van der Waals surface area contributed by atoms with Crippen molar-refractivity contribution >= 4 is 12.0 Å². The van der Waals surface area contributed by atoms with E-state index in [-0.39, 0.29) is 19.0 Å². The number of hydrogen-bond donors (Lipinski definition) is 2. The number of hydrogen-bond acceptors (Lipinski definition) is 5. The van der Waals surface area contributed by atoms with Gasteiger partial charge < -0.3 is 24.6 Å². The summed E-state index contributed by atoms with van der Waals surface area (Å²) in [6.07, 6.45) is 0.899. The smallest absolute Gasteiger partial charge is 0.326 e. The van der Waals surface area contributed by atoms with E-state index in [2.05, 4.69) is 10.2 Å². The van der Waals surface area contributed by atoms with Gasteiger partial charge in [-0.1, -0.05) is 0 Å². The standard InChI is InChI=1S/C11H15N5O4/c17-7-3-8(10(18)19)16(4-7)11(20)14-1-2-15-6-12-13-9(15)5-14/h6-8,17H,1-5H2,(H,18,19)/t7?,8-/m0/s1. The van der Waals surface area contributed by atoms with E-state index in [0.717, 1.165) is 0 Å². The number of aromatic nitrogens is 3. The molecular formula is C11H15N5O4. The fraction of sp³-hybridized carbons (Fsp3) is 0.636. The van der Waals surface area contributed by atoms with Gasteiger partial charge in [0, 0.05) is 26.1 Å². The fourth-order valence-electron chi connectivity index (χ4n) is 2.67. The first kappa shape index (κ1) is 12.9. The van der Waals surface area contributed by atoms with Crippen LogP contribution in [0.15, 0.2) is 6.33 Å². The predicted octanol–water partition coefficient (Wildman–Crippen LogP) is -1.27. The van der Waals surface area contributed by atoms with Gasteiger partial charge in [0.05, 0.1) is 12.6 Å². The van der Waals surface area contributed by atoms with E-state index < -0.39 is 18.1 Å². The maximum Gasteiger partial charge on any atom is 0.326 e. The van der Waals surface area contributed by atoms with Crippen molar-refractivity contribution in [1.82, 2.24) is 24.6 Å². The van der Waals surface area contributed by atoms with Crippen LogP contribution in [0.2, 0.25) is 0 Å². The van der Waals surface area contributed by atoms with E-state index in [1.807, 2.05) is 4.57 Å². The van der Waals surface area contributed by atoms with Gasteiger partial charge in [-0.15, -0.1) is 10.2 Å². The number of carboxylic acid groups (broad SMARTS) is 1. The third-order valence-electron chi connectivity index (χ3n) is 3.72. The Morgan fingerprint density at radius 3 is 2.90 bits per heavy atom. The average Bonchev–Trinajstić information content (AvgIpc) is 3.02. The van der Waals surface area contributed by atoms with Crippen molar-refractivity contribution in [1.29, 1.82) is 0 Å². The number of carbonyl (C=O) groups excluding carboxylic acids is 1. The Hall–Kier alpha value is -2.16. The fourth-order valence-corrected chi connectivity index (χ4v) is 2.67. The first-order valence-corrected chi connectivity index (χ1v) is 6.39. The highest BCUT2D eigenvalue weighted by Crippen LogP contribution is 2.21. The molecule has 2 aliphatic heterocycles.